The van der Waals surface area contributed by atoms with Gasteiger partial charge in [0.15, 0.2) is 0 Å². The van der Waals surface area contributed by atoms with Crippen molar-refractivity contribution in [3.05, 3.63) is 47.8 Å². The first-order valence-corrected chi connectivity index (χ1v) is 8.09. The van der Waals surface area contributed by atoms with Crippen molar-refractivity contribution < 1.29 is 18.8 Å². The van der Waals surface area contributed by atoms with Crippen molar-refractivity contribution in [3.8, 4) is 0 Å². The van der Waals surface area contributed by atoms with Crippen LogP contribution in [0.4, 0.5) is 4.39 Å². The highest BCUT2D eigenvalue weighted by Crippen LogP contribution is 2.52. The monoisotopic (exact) mass is 328 g/mol. The molecule has 1 N–H and O–H groups in total. The molecule has 1 saturated heterocycles. The summed E-state index contributed by atoms with van der Waals surface area (Å²) in [5.41, 5.74) is 0.626. The molecule has 6 heteroatoms. The van der Waals surface area contributed by atoms with E-state index in [1.165, 1.54) is 12.1 Å². The van der Waals surface area contributed by atoms with E-state index in [4.69, 9.17) is 0 Å². The van der Waals surface area contributed by atoms with Crippen LogP contribution in [-0.2, 0) is 20.9 Å². The van der Waals surface area contributed by atoms with Crippen LogP contribution < -0.4 is 5.32 Å². The molecule has 2 aliphatic carbocycles. The van der Waals surface area contributed by atoms with Gasteiger partial charge in [0.2, 0.25) is 17.7 Å². The second-order valence-corrected chi connectivity index (χ2v) is 6.67. The highest BCUT2D eigenvalue weighted by atomic mass is 19.1. The van der Waals surface area contributed by atoms with Gasteiger partial charge in [-0.05, 0) is 36.0 Å². The molecule has 0 unspecified atom stereocenters. The molecule has 1 saturated carbocycles. The van der Waals surface area contributed by atoms with Crippen LogP contribution in [0.5, 0.6) is 0 Å². The summed E-state index contributed by atoms with van der Waals surface area (Å²) in [6.45, 7) is -0.105. The number of imide groups is 1. The van der Waals surface area contributed by atoms with Crippen molar-refractivity contribution in [1.29, 1.82) is 0 Å². The smallest absolute Gasteiger partial charge is 0.240 e. The predicted octanol–water partition coefficient (Wildman–Crippen LogP) is 1.25. The number of rotatable bonds is 4. The number of carbonyl (C=O) groups is 3. The average molecular weight is 328 g/mol. The van der Waals surface area contributed by atoms with Gasteiger partial charge in [-0.2, -0.15) is 0 Å². The van der Waals surface area contributed by atoms with Gasteiger partial charge < -0.3 is 5.32 Å². The zero-order chi connectivity index (χ0) is 16.8. The molecule has 24 heavy (non-hydrogen) atoms. The van der Waals surface area contributed by atoms with Gasteiger partial charge in [0.1, 0.15) is 12.4 Å². The molecule has 4 atom stereocenters. The van der Waals surface area contributed by atoms with Gasteiger partial charge in [-0.15, -0.1) is 0 Å². The number of carbonyl (C=O) groups excluding carboxylic acids is 3. The fraction of sp³-hybridized carbons (Fsp3) is 0.389. The lowest BCUT2D eigenvalue weighted by Crippen LogP contribution is -2.41. The number of hydrogen-bond donors (Lipinski definition) is 1. The molecule has 1 heterocycles. The largest absolute Gasteiger partial charge is 0.350 e. The predicted molar refractivity (Wildman–Crippen MR) is 82.7 cm³/mol. The number of nitrogens with zero attached hydrogens (tertiary/aromatic N) is 1. The zero-order valence-corrected chi connectivity index (χ0v) is 12.9. The second kappa shape index (κ2) is 5.54. The maximum absolute atomic E-state index is 13.1. The molecular weight excluding hydrogens is 311 g/mol. The first-order chi connectivity index (χ1) is 11.5. The molecule has 0 radical (unpaired) electrons. The first kappa shape index (κ1) is 15.1. The van der Waals surface area contributed by atoms with Crippen molar-refractivity contribution in [1.82, 2.24) is 10.2 Å². The molecular formula is C18H17FN2O3. The van der Waals surface area contributed by atoms with Gasteiger partial charge in [0.25, 0.3) is 0 Å². The second-order valence-electron chi connectivity index (χ2n) is 6.67. The molecule has 5 nitrogen and oxygen atoms in total. The van der Waals surface area contributed by atoms with Gasteiger partial charge in [-0.25, -0.2) is 4.39 Å². The number of halogens is 1. The normalized spacial score (nSPS) is 30.1. The van der Waals surface area contributed by atoms with E-state index < -0.39 is 5.91 Å². The minimum Gasteiger partial charge on any atom is -0.350 e. The summed E-state index contributed by atoms with van der Waals surface area (Å²) >= 11 is 0. The Bertz CT molecular complexity index is 730. The minimum absolute atomic E-state index is 0.136. The van der Waals surface area contributed by atoms with Crippen molar-refractivity contribution in [2.75, 3.05) is 6.54 Å². The molecule has 3 amide bonds. The first-order valence-electron chi connectivity index (χ1n) is 8.09. The standard InChI is InChI=1S/C18H17FN2O3/c19-13-3-1-2-10(6-13)8-20-14(22)9-21-17(23)15-11-4-5-12(7-11)16(15)18(21)24/h1-6,11-12,15-16H,7-9H2,(H,20,22)/t11-,12-,15-,16+/m0/s1. The minimum atomic E-state index is -0.416. The van der Waals surface area contributed by atoms with Crippen LogP contribution in [0.3, 0.4) is 0 Å². The lowest BCUT2D eigenvalue weighted by Gasteiger charge is -2.16. The van der Waals surface area contributed by atoms with Crippen LogP contribution in [0.1, 0.15) is 12.0 Å². The van der Waals surface area contributed by atoms with Crippen LogP contribution in [0, 0.1) is 29.5 Å². The van der Waals surface area contributed by atoms with Crippen LogP contribution in [0.15, 0.2) is 36.4 Å². The van der Waals surface area contributed by atoms with E-state index in [1.54, 1.807) is 12.1 Å². The lowest BCUT2D eigenvalue weighted by atomic mass is 9.85. The number of benzene rings is 1. The Kier molecular flexibility index (Phi) is 3.48. The third-order valence-corrected chi connectivity index (χ3v) is 5.24. The van der Waals surface area contributed by atoms with Crippen LogP contribution in [0.2, 0.25) is 0 Å². The molecule has 124 valence electrons. The van der Waals surface area contributed by atoms with Gasteiger partial charge in [0, 0.05) is 6.54 Å². The summed E-state index contributed by atoms with van der Waals surface area (Å²) in [4.78, 5) is 38.1. The summed E-state index contributed by atoms with van der Waals surface area (Å²) < 4.78 is 13.1. The molecule has 1 aromatic carbocycles. The van der Waals surface area contributed by atoms with Crippen molar-refractivity contribution >= 4 is 17.7 Å². The lowest BCUT2D eigenvalue weighted by molar-refractivity contribution is -0.144. The molecule has 1 aliphatic heterocycles. The maximum Gasteiger partial charge on any atom is 0.240 e. The Labute approximate surface area is 138 Å². The third kappa shape index (κ3) is 2.33. The fourth-order valence-electron chi connectivity index (χ4n) is 4.17. The van der Waals surface area contributed by atoms with E-state index in [1.807, 2.05) is 12.2 Å². The van der Waals surface area contributed by atoms with Gasteiger partial charge in [-0.1, -0.05) is 24.3 Å². The number of likely N-dealkylation sites (tertiary alicyclic amines) is 1. The highest BCUT2D eigenvalue weighted by Gasteiger charge is 2.59. The number of nitrogens with one attached hydrogen (secondary N) is 1. The topological polar surface area (TPSA) is 66.5 Å². The van der Waals surface area contributed by atoms with Crippen LogP contribution >= 0.6 is 0 Å². The summed E-state index contributed by atoms with van der Waals surface area (Å²) in [5, 5.41) is 2.63. The molecule has 4 rings (SSSR count). The van der Waals surface area contributed by atoms with E-state index in [2.05, 4.69) is 5.32 Å². The summed E-state index contributed by atoms with van der Waals surface area (Å²) in [6.07, 6.45) is 4.90. The zero-order valence-electron chi connectivity index (χ0n) is 12.9. The number of amides is 3. The van der Waals surface area contributed by atoms with Crippen molar-refractivity contribution in [3.63, 3.8) is 0 Å². The Balaban J connectivity index is 1.38. The quantitative estimate of drug-likeness (QED) is 0.668. The summed E-state index contributed by atoms with van der Waals surface area (Å²) in [7, 11) is 0. The molecule has 3 aliphatic rings. The molecule has 2 fully saturated rings. The number of hydrogen-bond acceptors (Lipinski definition) is 3. The SMILES string of the molecule is O=C(CN1C(=O)[C@@H]2[C@H](C1=O)[C@H]1C=C[C@H]2C1)NCc1cccc(F)c1. The summed E-state index contributed by atoms with van der Waals surface area (Å²) in [6, 6.07) is 5.92. The third-order valence-electron chi connectivity index (χ3n) is 5.24. The number of fused-ring (bicyclic) bond motifs is 5. The number of allylic oxidation sites excluding steroid dienone is 2. The Morgan fingerprint density at radius 1 is 1.17 bits per heavy atom. The Morgan fingerprint density at radius 3 is 2.46 bits per heavy atom. The Hall–Kier alpha value is -2.50. The maximum atomic E-state index is 13.1. The van der Waals surface area contributed by atoms with Gasteiger partial charge in [-0.3, -0.25) is 19.3 Å². The molecule has 1 aromatic rings. The van der Waals surface area contributed by atoms with E-state index in [0.717, 1.165) is 11.3 Å². The average Bonchev–Trinajstić information content (AvgIpc) is 3.23. The molecule has 0 spiro atoms. The van der Waals surface area contributed by atoms with E-state index >= 15 is 0 Å². The molecule has 2 bridgehead atoms. The molecule has 0 aromatic heterocycles. The van der Waals surface area contributed by atoms with E-state index in [-0.39, 0.29) is 54.4 Å². The van der Waals surface area contributed by atoms with E-state index in [9.17, 15) is 18.8 Å². The van der Waals surface area contributed by atoms with Gasteiger partial charge in [0.05, 0.1) is 11.8 Å². The van der Waals surface area contributed by atoms with Crippen LogP contribution in [-0.4, -0.2) is 29.2 Å². The Morgan fingerprint density at radius 2 is 1.83 bits per heavy atom. The fourth-order valence-corrected chi connectivity index (χ4v) is 4.17. The van der Waals surface area contributed by atoms with Gasteiger partial charge >= 0.3 is 0 Å². The van der Waals surface area contributed by atoms with Crippen LogP contribution in [0.25, 0.3) is 0 Å². The summed E-state index contributed by atoms with van der Waals surface area (Å²) in [5.74, 6) is -1.56. The highest BCUT2D eigenvalue weighted by molar-refractivity contribution is 6.08. The van der Waals surface area contributed by atoms with Crippen molar-refractivity contribution in [2.45, 2.75) is 13.0 Å². The van der Waals surface area contributed by atoms with E-state index in [0.29, 0.717) is 5.56 Å². The van der Waals surface area contributed by atoms with Crippen molar-refractivity contribution in [2.24, 2.45) is 23.7 Å².